The third-order valence-electron chi connectivity index (χ3n) is 3.63. The number of hydrogen-bond donors (Lipinski definition) is 2. The Kier molecular flexibility index (Phi) is 4.99. The summed E-state index contributed by atoms with van der Waals surface area (Å²) in [5.41, 5.74) is 1.60. The van der Waals surface area contributed by atoms with Crippen LogP contribution < -0.4 is 10.6 Å². The van der Waals surface area contributed by atoms with Crippen LogP contribution in [0.3, 0.4) is 0 Å². The van der Waals surface area contributed by atoms with Crippen molar-refractivity contribution in [3.05, 3.63) is 95.8 Å². The summed E-state index contributed by atoms with van der Waals surface area (Å²) in [4.78, 5) is 16.3. The van der Waals surface area contributed by atoms with Crippen LogP contribution in [-0.4, -0.2) is 11.0 Å². The summed E-state index contributed by atoms with van der Waals surface area (Å²) < 4.78 is 26.7. The quantitative estimate of drug-likeness (QED) is 0.746. The van der Waals surface area contributed by atoms with Crippen LogP contribution in [0.5, 0.6) is 0 Å². The number of anilines is 1. The molecule has 1 unspecified atom stereocenters. The first-order valence-electron chi connectivity index (χ1n) is 7.61. The largest absolute Gasteiger partial charge is 0.327 e. The molecule has 0 radical (unpaired) electrons. The smallest absolute Gasteiger partial charge is 0.320 e. The summed E-state index contributed by atoms with van der Waals surface area (Å²) in [6.07, 6.45) is 3.26. The second-order valence-electron chi connectivity index (χ2n) is 5.35. The summed E-state index contributed by atoms with van der Waals surface area (Å²) in [5, 5.41) is 5.20. The zero-order valence-corrected chi connectivity index (χ0v) is 13.1. The van der Waals surface area contributed by atoms with E-state index in [9.17, 15) is 13.6 Å². The molecule has 1 atom stereocenters. The highest BCUT2D eigenvalue weighted by Crippen LogP contribution is 2.22. The molecule has 0 fully saturated rings. The molecule has 3 rings (SSSR count). The van der Waals surface area contributed by atoms with Crippen LogP contribution in [0.15, 0.2) is 73.1 Å². The minimum Gasteiger partial charge on any atom is -0.327 e. The zero-order valence-electron chi connectivity index (χ0n) is 13.1. The molecule has 126 valence electrons. The Morgan fingerprint density at radius 1 is 0.920 bits per heavy atom. The molecule has 1 heterocycles. The number of carbonyl (C=O) groups excluding carboxylic acids is 1. The van der Waals surface area contributed by atoms with Crippen molar-refractivity contribution in [2.75, 3.05) is 5.32 Å². The summed E-state index contributed by atoms with van der Waals surface area (Å²) >= 11 is 0. The van der Waals surface area contributed by atoms with Gasteiger partial charge in [-0.2, -0.15) is 0 Å². The molecular weight excluding hydrogens is 324 g/mol. The minimum absolute atomic E-state index is 0.0968. The van der Waals surface area contributed by atoms with Gasteiger partial charge in [0, 0.05) is 18.5 Å². The van der Waals surface area contributed by atoms with E-state index in [1.807, 2.05) is 30.3 Å². The Bertz CT molecular complexity index is 818. The summed E-state index contributed by atoms with van der Waals surface area (Å²) in [6.45, 7) is 0. The van der Waals surface area contributed by atoms with Crippen molar-refractivity contribution in [3.63, 3.8) is 0 Å². The van der Waals surface area contributed by atoms with Crippen molar-refractivity contribution in [2.45, 2.75) is 6.04 Å². The van der Waals surface area contributed by atoms with E-state index in [1.165, 1.54) is 6.07 Å². The third kappa shape index (κ3) is 4.17. The topological polar surface area (TPSA) is 54.0 Å². The lowest BCUT2D eigenvalue weighted by Crippen LogP contribution is -2.33. The maximum absolute atomic E-state index is 13.7. The Morgan fingerprint density at radius 3 is 2.28 bits per heavy atom. The zero-order chi connectivity index (χ0) is 17.6. The van der Waals surface area contributed by atoms with Gasteiger partial charge < -0.3 is 10.6 Å². The van der Waals surface area contributed by atoms with Crippen molar-refractivity contribution >= 4 is 11.7 Å². The minimum atomic E-state index is -0.838. The molecule has 2 aromatic carbocycles. The van der Waals surface area contributed by atoms with Gasteiger partial charge in [0.25, 0.3) is 0 Å². The molecule has 2 N–H and O–H groups in total. The van der Waals surface area contributed by atoms with Gasteiger partial charge in [0.1, 0.15) is 11.6 Å². The monoisotopic (exact) mass is 339 g/mol. The fraction of sp³-hybridized carbons (Fsp3) is 0.0526. The van der Waals surface area contributed by atoms with E-state index < -0.39 is 23.7 Å². The number of amides is 2. The van der Waals surface area contributed by atoms with Gasteiger partial charge in [0.15, 0.2) is 0 Å². The lowest BCUT2D eigenvalue weighted by molar-refractivity contribution is 0.250. The fourth-order valence-corrected chi connectivity index (χ4v) is 2.44. The Balaban J connectivity index is 1.82. The highest BCUT2D eigenvalue weighted by atomic mass is 19.1. The molecule has 3 aromatic rings. The van der Waals surface area contributed by atoms with E-state index in [2.05, 4.69) is 15.6 Å². The van der Waals surface area contributed by atoms with Crippen molar-refractivity contribution in [2.24, 2.45) is 0 Å². The Morgan fingerprint density at radius 2 is 1.60 bits per heavy atom. The van der Waals surface area contributed by atoms with Crippen LogP contribution in [0, 0.1) is 11.6 Å². The molecule has 0 aliphatic heterocycles. The summed E-state index contributed by atoms with van der Waals surface area (Å²) in [6, 6.07) is 14.9. The van der Waals surface area contributed by atoms with Crippen LogP contribution in [0.4, 0.5) is 19.3 Å². The van der Waals surface area contributed by atoms with Gasteiger partial charge in [-0.15, -0.1) is 0 Å². The number of nitrogens with zero attached hydrogens (tertiary/aromatic N) is 1. The first-order valence-corrected chi connectivity index (χ1v) is 7.61. The van der Waals surface area contributed by atoms with E-state index in [0.29, 0.717) is 6.07 Å². The predicted octanol–water partition coefficient (Wildman–Crippen LogP) is 4.27. The first kappa shape index (κ1) is 16.6. The molecule has 1 aromatic heterocycles. The van der Waals surface area contributed by atoms with Crippen LogP contribution in [0.1, 0.15) is 17.2 Å². The molecule has 0 aliphatic carbocycles. The number of rotatable bonds is 4. The van der Waals surface area contributed by atoms with E-state index in [1.54, 1.807) is 24.5 Å². The third-order valence-corrected chi connectivity index (χ3v) is 3.63. The first-order chi connectivity index (χ1) is 12.1. The van der Waals surface area contributed by atoms with Gasteiger partial charge in [-0.3, -0.25) is 4.98 Å². The van der Waals surface area contributed by atoms with Crippen molar-refractivity contribution in [1.82, 2.24) is 10.3 Å². The number of benzene rings is 2. The van der Waals surface area contributed by atoms with Crippen LogP contribution >= 0.6 is 0 Å². The van der Waals surface area contributed by atoms with Crippen LogP contribution in [-0.2, 0) is 0 Å². The molecule has 2 amide bonds. The van der Waals surface area contributed by atoms with Gasteiger partial charge in [-0.25, -0.2) is 13.6 Å². The second kappa shape index (κ2) is 7.53. The molecule has 0 saturated heterocycles. The number of hydrogen-bond acceptors (Lipinski definition) is 2. The van der Waals surface area contributed by atoms with Crippen molar-refractivity contribution in [3.8, 4) is 0 Å². The molecule has 4 nitrogen and oxygen atoms in total. The van der Waals surface area contributed by atoms with Gasteiger partial charge in [0.2, 0.25) is 0 Å². The molecule has 0 saturated carbocycles. The Hall–Kier alpha value is -3.28. The number of urea groups is 1. The van der Waals surface area contributed by atoms with Gasteiger partial charge in [-0.1, -0.05) is 30.3 Å². The SMILES string of the molecule is O=C(Nc1ccc(F)cc1F)NC(c1ccccc1)c1ccncc1. The van der Waals surface area contributed by atoms with E-state index in [4.69, 9.17) is 0 Å². The highest BCUT2D eigenvalue weighted by Gasteiger charge is 2.17. The number of nitrogens with one attached hydrogen (secondary N) is 2. The number of aromatic nitrogens is 1. The van der Waals surface area contributed by atoms with E-state index in [0.717, 1.165) is 17.2 Å². The normalized spacial score (nSPS) is 11.6. The Labute approximate surface area is 143 Å². The molecule has 25 heavy (non-hydrogen) atoms. The van der Waals surface area contributed by atoms with Gasteiger partial charge in [-0.05, 0) is 35.4 Å². The van der Waals surface area contributed by atoms with Gasteiger partial charge >= 0.3 is 6.03 Å². The lowest BCUT2D eigenvalue weighted by Gasteiger charge is -2.20. The maximum Gasteiger partial charge on any atom is 0.320 e. The predicted molar refractivity (Wildman–Crippen MR) is 91.0 cm³/mol. The van der Waals surface area contributed by atoms with E-state index >= 15 is 0 Å². The average molecular weight is 339 g/mol. The molecule has 0 aliphatic rings. The number of pyridine rings is 1. The average Bonchev–Trinajstić information content (AvgIpc) is 2.63. The van der Waals surface area contributed by atoms with E-state index in [-0.39, 0.29) is 5.69 Å². The van der Waals surface area contributed by atoms with Crippen molar-refractivity contribution in [1.29, 1.82) is 0 Å². The van der Waals surface area contributed by atoms with Crippen molar-refractivity contribution < 1.29 is 13.6 Å². The second-order valence-corrected chi connectivity index (χ2v) is 5.35. The van der Waals surface area contributed by atoms with Gasteiger partial charge in [0.05, 0.1) is 11.7 Å². The summed E-state index contributed by atoms with van der Waals surface area (Å²) in [7, 11) is 0. The standard InChI is InChI=1S/C19H15F2N3O/c20-15-6-7-17(16(21)12-15)23-19(25)24-18(13-4-2-1-3-5-13)14-8-10-22-11-9-14/h1-12,18H,(H2,23,24,25). The molecule has 0 spiro atoms. The molecule has 6 heteroatoms. The number of carbonyl (C=O) groups is 1. The lowest BCUT2D eigenvalue weighted by atomic mass is 10.00. The van der Waals surface area contributed by atoms with Crippen LogP contribution in [0.2, 0.25) is 0 Å². The summed E-state index contributed by atoms with van der Waals surface area (Å²) in [5.74, 6) is -1.54. The molecular formula is C19H15F2N3O. The number of halogens is 2. The molecule has 0 bridgehead atoms. The fourth-order valence-electron chi connectivity index (χ4n) is 2.44. The highest BCUT2D eigenvalue weighted by molar-refractivity contribution is 5.89. The maximum atomic E-state index is 13.7. The van der Waals surface area contributed by atoms with Crippen LogP contribution in [0.25, 0.3) is 0 Å².